The van der Waals surface area contributed by atoms with Crippen LogP contribution in [0.2, 0.25) is 0 Å². The molecule has 1 heterocycles. The number of aryl methyl sites for hydroxylation is 1. The molecule has 2 heteroatoms. The predicted octanol–water partition coefficient (Wildman–Crippen LogP) is 3.62. The van der Waals surface area contributed by atoms with Gasteiger partial charge in [-0.3, -0.25) is 4.98 Å². The van der Waals surface area contributed by atoms with Crippen LogP contribution < -0.4 is 0 Å². The van der Waals surface area contributed by atoms with Gasteiger partial charge in [0.1, 0.15) is 0 Å². The van der Waals surface area contributed by atoms with Gasteiger partial charge in [-0.2, -0.15) is 0 Å². The summed E-state index contributed by atoms with van der Waals surface area (Å²) in [5.41, 5.74) is 3.06. The molecule has 1 aliphatic rings. The van der Waals surface area contributed by atoms with E-state index in [-0.39, 0.29) is 6.10 Å². The molecule has 1 N–H and O–H groups in total. The molecule has 0 radical (unpaired) electrons. The van der Waals surface area contributed by atoms with Crippen molar-refractivity contribution in [3.8, 4) is 0 Å². The maximum atomic E-state index is 10.4. The third-order valence-corrected chi connectivity index (χ3v) is 4.06. The van der Waals surface area contributed by atoms with E-state index in [9.17, 15) is 5.11 Å². The van der Waals surface area contributed by atoms with E-state index in [1.54, 1.807) is 0 Å². The largest absolute Gasteiger partial charge is 0.388 e. The normalized spacial score (nSPS) is 18.8. The van der Waals surface area contributed by atoms with Crippen LogP contribution in [0.15, 0.2) is 30.3 Å². The molecule has 0 aliphatic heterocycles. The fourth-order valence-electron chi connectivity index (χ4n) is 2.61. The minimum atomic E-state index is -0.344. The number of aliphatic hydroxyl groups is 1. The summed E-state index contributed by atoms with van der Waals surface area (Å²) in [7, 11) is 0. The van der Waals surface area contributed by atoms with Crippen LogP contribution in [0.5, 0.6) is 0 Å². The molecule has 0 saturated heterocycles. The quantitative estimate of drug-likeness (QED) is 0.890. The number of nitrogens with zero attached hydrogens (tertiary/aromatic N) is 1. The van der Waals surface area contributed by atoms with E-state index in [0.717, 1.165) is 22.2 Å². The average molecular weight is 241 g/mol. The Morgan fingerprint density at radius 3 is 2.72 bits per heavy atom. The van der Waals surface area contributed by atoms with Gasteiger partial charge in [0.05, 0.1) is 11.6 Å². The van der Waals surface area contributed by atoms with Crippen LogP contribution in [-0.2, 0) is 0 Å². The van der Waals surface area contributed by atoms with Gasteiger partial charge in [0, 0.05) is 11.1 Å². The molecule has 3 rings (SSSR count). The van der Waals surface area contributed by atoms with Crippen molar-refractivity contribution in [1.29, 1.82) is 0 Å². The zero-order valence-electron chi connectivity index (χ0n) is 10.9. The van der Waals surface area contributed by atoms with Crippen molar-refractivity contribution in [2.24, 2.45) is 11.8 Å². The molecule has 94 valence electrons. The Bertz CT molecular complexity index is 574. The Hall–Kier alpha value is -1.41. The second-order valence-electron chi connectivity index (χ2n) is 5.55. The molecule has 0 bridgehead atoms. The number of pyridine rings is 1. The Balaban J connectivity index is 1.94. The number of aromatic nitrogens is 1. The lowest BCUT2D eigenvalue weighted by atomic mass is 9.92. The van der Waals surface area contributed by atoms with Crippen molar-refractivity contribution in [2.45, 2.75) is 32.8 Å². The Morgan fingerprint density at radius 1 is 1.22 bits per heavy atom. The first-order valence-electron chi connectivity index (χ1n) is 6.70. The third kappa shape index (κ3) is 2.13. The standard InChI is InChI=1S/C16H19NO/c1-10-3-4-13-9-14(7-8-15(13)17-10)16(18)11(2)12-5-6-12/h3-4,7-9,11-12,16,18H,5-6H2,1-2H3. The van der Waals surface area contributed by atoms with Gasteiger partial charge >= 0.3 is 0 Å². The number of rotatable bonds is 3. The molecule has 1 aliphatic carbocycles. The van der Waals surface area contributed by atoms with Gasteiger partial charge in [-0.1, -0.05) is 19.1 Å². The van der Waals surface area contributed by atoms with E-state index >= 15 is 0 Å². The second kappa shape index (κ2) is 4.36. The average Bonchev–Trinajstić information content (AvgIpc) is 3.20. The Labute approximate surface area is 108 Å². The molecule has 0 amide bonds. The first kappa shape index (κ1) is 11.7. The fourth-order valence-corrected chi connectivity index (χ4v) is 2.61. The molecule has 2 atom stereocenters. The first-order valence-corrected chi connectivity index (χ1v) is 6.70. The maximum Gasteiger partial charge on any atom is 0.0818 e. The summed E-state index contributed by atoms with van der Waals surface area (Å²) in [4.78, 5) is 4.49. The predicted molar refractivity (Wildman–Crippen MR) is 73.3 cm³/mol. The van der Waals surface area contributed by atoms with Crippen LogP contribution in [-0.4, -0.2) is 10.1 Å². The van der Waals surface area contributed by atoms with Crippen LogP contribution >= 0.6 is 0 Å². The number of aliphatic hydroxyl groups excluding tert-OH is 1. The van der Waals surface area contributed by atoms with Gasteiger partial charge in [-0.05, 0) is 55.4 Å². The third-order valence-electron chi connectivity index (χ3n) is 4.06. The highest BCUT2D eigenvalue weighted by Crippen LogP contribution is 2.42. The van der Waals surface area contributed by atoms with Crippen molar-refractivity contribution in [3.63, 3.8) is 0 Å². The van der Waals surface area contributed by atoms with E-state index in [0.29, 0.717) is 11.8 Å². The smallest absolute Gasteiger partial charge is 0.0818 e. The summed E-state index contributed by atoms with van der Waals surface area (Å²) in [5.74, 6) is 1.08. The molecule has 1 fully saturated rings. The molecule has 0 spiro atoms. The van der Waals surface area contributed by atoms with Crippen LogP contribution in [0, 0.1) is 18.8 Å². The van der Waals surface area contributed by atoms with Gasteiger partial charge in [0.15, 0.2) is 0 Å². The molecule has 1 saturated carbocycles. The van der Waals surface area contributed by atoms with Crippen molar-refractivity contribution >= 4 is 10.9 Å². The zero-order valence-corrected chi connectivity index (χ0v) is 10.9. The highest BCUT2D eigenvalue weighted by molar-refractivity contribution is 5.79. The number of hydrogen-bond acceptors (Lipinski definition) is 2. The SMILES string of the molecule is Cc1ccc2cc(C(O)C(C)C3CC3)ccc2n1. The molecule has 1 aromatic carbocycles. The van der Waals surface area contributed by atoms with Crippen molar-refractivity contribution in [3.05, 3.63) is 41.6 Å². The molecule has 2 unspecified atom stereocenters. The first-order chi connectivity index (χ1) is 8.65. The van der Waals surface area contributed by atoms with Gasteiger partial charge in [-0.15, -0.1) is 0 Å². The summed E-state index contributed by atoms with van der Waals surface area (Å²) >= 11 is 0. The highest BCUT2D eigenvalue weighted by Gasteiger charge is 2.33. The molecular formula is C16H19NO. The van der Waals surface area contributed by atoms with E-state index < -0.39 is 0 Å². The molecule has 2 aromatic rings. The van der Waals surface area contributed by atoms with E-state index in [1.165, 1.54) is 12.8 Å². The topological polar surface area (TPSA) is 33.1 Å². The Kier molecular flexibility index (Phi) is 2.83. The lowest BCUT2D eigenvalue weighted by molar-refractivity contribution is 0.106. The molecular weight excluding hydrogens is 222 g/mol. The van der Waals surface area contributed by atoms with Crippen LogP contribution in [0.25, 0.3) is 10.9 Å². The van der Waals surface area contributed by atoms with Gasteiger partial charge < -0.3 is 5.11 Å². The number of benzene rings is 1. The number of fused-ring (bicyclic) bond motifs is 1. The van der Waals surface area contributed by atoms with Gasteiger partial charge in [-0.25, -0.2) is 0 Å². The summed E-state index contributed by atoms with van der Waals surface area (Å²) in [6.45, 7) is 4.15. The monoisotopic (exact) mass is 241 g/mol. The lowest BCUT2D eigenvalue weighted by Gasteiger charge is -2.19. The minimum absolute atomic E-state index is 0.344. The summed E-state index contributed by atoms with van der Waals surface area (Å²) < 4.78 is 0. The molecule has 18 heavy (non-hydrogen) atoms. The summed E-state index contributed by atoms with van der Waals surface area (Å²) in [6, 6.07) is 10.2. The van der Waals surface area contributed by atoms with Crippen LogP contribution in [0.1, 0.15) is 37.1 Å². The molecule has 1 aromatic heterocycles. The van der Waals surface area contributed by atoms with E-state index in [1.807, 2.05) is 25.1 Å². The van der Waals surface area contributed by atoms with E-state index in [2.05, 4.69) is 24.0 Å². The number of hydrogen-bond donors (Lipinski definition) is 1. The van der Waals surface area contributed by atoms with Crippen LogP contribution in [0.4, 0.5) is 0 Å². The minimum Gasteiger partial charge on any atom is -0.388 e. The lowest BCUT2D eigenvalue weighted by Crippen LogP contribution is -2.11. The van der Waals surface area contributed by atoms with Crippen molar-refractivity contribution in [2.75, 3.05) is 0 Å². The highest BCUT2D eigenvalue weighted by atomic mass is 16.3. The Morgan fingerprint density at radius 2 is 2.00 bits per heavy atom. The maximum absolute atomic E-state index is 10.4. The molecule has 2 nitrogen and oxygen atoms in total. The van der Waals surface area contributed by atoms with Crippen molar-refractivity contribution < 1.29 is 5.11 Å². The summed E-state index contributed by atoms with van der Waals surface area (Å²) in [6.07, 6.45) is 2.20. The van der Waals surface area contributed by atoms with Gasteiger partial charge in [0.2, 0.25) is 0 Å². The summed E-state index contributed by atoms with van der Waals surface area (Å²) in [5, 5.41) is 11.5. The van der Waals surface area contributed by atoms with E-state index in [4.69, 9.17) is 0 Å². The zero-order chi connectivity index (χ0) is 12.7. The second-order valence-corrected chi connectivity index (χ2v) is 5.55. The van der Waals surface area contributed by atoms with Crippen molar-refractivity contribution in [1.82, 2.24) is 4.98 Å². The van der Waals surface area contributed by atoms with Gasteiger partial charge in [0.25, 0.3) is 0 Å². The fraction of sp³-hybridized carbons (Fsp3) is 0.438. The van der Waals surface area contributed by atoms with Crippen LogP contribution in [0.3, 0.4) is 0 Å².